The number of nitrogens with one attached hydrogen (secondary N) is 2. The molecule has 0 saturated heterocycles. The van der Waals surface area contributed by atoms with Crippen molar-refractivity contribution in [2.45, 2.75) is 44.3 Å². The van der Waals surface area contributed by atoms with Gasteiger partial charge in [-0.25, -0.2) is 4.79 Å². The second-order valence-corrected chi connectivity index (χ2v) is 6.62. The number of methoxy groups -OCH3 is 1. The fourth-order valence-electron chi connectivity index (χ4n) is 2.19. The summed E-state index contributed by atoms with van der Waals surface area (Å²) in [5.41, 5.74) is 5.14. The second kappa shape index (κ2) is 11.3. The van der Waals surface area contributed by atoms with Crippen LogP contribution in [0.4, 0.5) is 0 Å². The molecule has 0 radical (unpaired) electrons. The summed E-state index contributed by atoms with van der Waals surface area (Å²) < 4.78 is 4.70. The summed E-state index contributed by atoms with van der Waals surface area (Å²) in [4.78, 5) is 47.6. The number of halogens is 1. The Bertz CT molecular complexity index is 690. The van der Waals surface area contributed by atoms with Crippen molar-refractivity contribution in [1.82, 2.24) is 10.6 Å². The first-order valence-corrected chi connectivity index (χ1v) is 8.28. The van der Waals surface area contributed by atoms with E-state index in [4.69, 9.17) is 15.6 Å². The van der Waals surface area contributed by atoms with Gasteiger partial charge in [-0.15, -0.1) is 12.4 Å². The number of hydrogen-bond acceptors (Lipinski definition) is 6. The van der Waals surface area contributed by atoms with Crippen molar-refractivity contribution in [3.8, 4) is 0 Å². The monoisotopic (exact) mass is 415 g/mol. The lowest BCUT2D eigenvalue weighted by Crippen LogP contribution is -2.58. The number of carboxylic acid groups (broad SMARTS) is 1. The molecule has 0 spiro atoms. The molecule has 0 heterocycles. The zero-order chi connectivity index (χ0) is 20.6. The van der Waals surface area contributed by atoms with Crippen molar-refractivity contribution in [3.63, 3.8) is 0 Å². The molecule has 10 heteroatoms. The average molecular weight is 416 g/mol. The third-order valence-electron chi connectivity index (χ3n) is 3.67. The zero-order valence-electron chi connectivity index (χ0n) is 15.9. The van der Waals surface area contributed by atoms with E-state index < -0.39 is 47.8 Å². The Hall–Kier alpha value is -2.65. The Labute approximate surface area is 169 Å². The van der Waals surface area contributed by atoms with Gasteiger partial charge in [0.05, 0.1) is 19.1 Å². The van der Waals surface area contributed by atoms with Crippen LogP contribution in [0.5, 0.6) is 0 Å². The van der Waals surface area contributed by atoms with Crippen LogP contribution in [-0.4, -0.2) is 53.6 Å². The Morgan fingerprint density at radius 2 is 1.68 bits per heavy atom. The summed E-state index contributed by atoms with van der Waals surface area (Å²) >= 11 is 0. The van der Waals surface area contributed by atoms with Crippen molar-refractivity contribution in [3.05, 3.63) is 35.9 Å². The molecule has 0 aromatic heterocycles. The lowest BCUT2D eigenvalue weighted by atomic mass is 10.0. The van der Waals surface area contributed by atoms with Crippen molar-refractivity contribution in [2.24, 2.45) is 5.73 Å². The lowest BCUT2D eigenvalue weighted by Gasteiger charge is -2.24. The van der Waals surface area contributed by atoms with Crippen LogP contribution < -0.4 is 16.4 Å². The molecule has 0 aliphatic heterocycles. The van der Waals surface area contributed by atoms with E-state index in [1.54, 1.807) is 24.3 Å². The van der Waals surface area contributed by atoms with Gasteiger partial charge >= 0.3 is 11.9 Å². The summed E-state index contributed by atoms with van der Waals surface area (Å²) in [7, 11) is 1.18. The summed E-state index contributed by atoms with van der Waals surface area (Å²) in [6, 6.07) is 6.49. The predicted molar refractivity (Wildman–Crippen MR) is 104 cm³/mol. The maximum absolute atomic E-state index is 12.5. The molecule has 1 aromatic rings. The second-order valence-electron chi connectivity index (χ2n) is 6.62. The maximum Gasteiger partial charge on any atom is 0.328 e. The van der Waals surface area contributed by atoms with Gasteiger partial charge in [0, 0.05) is 6.42 Å². The number of hydrogen-bond donors (Lipinski definition) is 4. The summed E-state index contributed by atoms with van der Waals surface area (Å²) in [5.74, 6) is -3.49. The van der Waals surface area contributed by atoms with Gasteiger partial charge in [0.1, 0.15) is 12.1 Å². The molecular formula is C18H26ClN3O6. The number of amides is 2. The van der Waals surface area contributed by atoms with E-state index >= 15 is 0 Å². The molecule has 28 heavy (non-hydrogen) atoms. The molecule has 0 saturated carbocycles. The van der Waals surface area contributed by atoms with Crippen LogP contribution in [-0.2, 0) is 30.3 Å². The highest BCUT2D eigenvalue weighted by atomic mass is 35.5. The SMILES string of the molecule is COC(=O)[C@H](Cc1ccccc1)NC(=O)[C@H](CC(=O)O)NC(=O)C(C)(C)N.Cl. The standard InChI is InChI=1S/C18H25N3O6.ClH/c1-18(2,19)17(26)21-12(10-14(22)23)15(24)20-13(16(25)27-3)9-11-7-5-4-6-8-11;/h4-8,12-13H,9-10,19H2,1-3H3,(H,20,24)(H,21,26)(H,22,23);1H/t12-,13-;/m0./s1. The number of benzene rings is 1. The fraction of sp³-hybridized carbons (Fsp3) is 0.444. The van der Waals surface area contributed by atoms with E-state index in [9.17, 15) is 19.2 Å². The highest BCUT2D eigenvalue weighted by Crippen LogP contribution is 2.06. The molecule has 2 amide bonds. The highest BCUT2D eigenvalue weighted by Gasteiger charge is 2.32. The van der Waals surface area contributed by atoms with E-state index in [0.717, 1.165) is 5.56 Å². The number of carboxylic acids is 1. The van der Waals surface area contributed by atoms with Crippen molar-refractivity contribution in [2.75, 3.05) is 7.11 Å². The number of carbonyl (C=O) groups excluding carboxylic acids is 3. The smallest absolute Gasteiger partial charge is 0.328 e. The number of aliphatic carboxylic acids is 1. The minimum Gasteiger partial charge on any atom is -0.481 e. The molecular weight excluding hydrogens is 390 g/mol. The molecule has 1 aromatic carbocycles. The van der Waals surface area contributed by atoms with E-state index in [2.05, 4.69) is 10.6 Å². The summed E-state index contributed by atoms with van der Waals surface area (Å²) in [5, 5.41) is 13.8. The van der Waals surface area contributed by atoms with Gasteiger partial charge in [-0.05, 0) is 19.4 Å². The van der Waals surface area contributed by atoms with Gasteiger partial charge < -0.3 is 26.2 Å². The molecule has 5 N–H and O–H groups in total. The Kier molecular flexibility index (Phi) is 10.2. The number of rotatable bonds is 9. The van der Waals surface area contributed by atoms with Crippen LogP contribution in [0.1, 0.15) is 25.8 Å². The third-order valence-corrected chi connectivity index (χ3v) is 3.67. The average Bonchev–Trinajstić information content (AvgIpc) is 2.59. The van der Waals surface area contributed by atoms with E-state index in [0.29, 0.717) is 0 Å². The minimum atomic E-state index is -1.39. The highest BCUT2D eigenvalue weighted by molar-refractivity contribution is 5.95. The third kappa shape index (κ3) is 8.36. The molecule has 0 aliphatic rings. The van der Waals surface area contributed by atoms with Gasteiger partial charge in [0.25, 0.3) is 0 Å². The van der Waals surface area contributed by atoms with Crippen LogP contribution in [0, 0.1) is 0 Å². The molecule has 0 fully saturated rings. The van der Waals surface area contributed by atoms with Gasteiger partial charge in [-0.1, -0.05) is 30.3 Å². The van der Waals surface area contributed by atoms with Crippen LogP contribution in [0.2, 0.25) is 0 Å². The Morgan fingerprint density at radius 1 is 1.11 bits per heavy atom. The molecule has 156 valence electrons. The maximum atomic E-state index is 12.5. The van der Waals surface area contributed by atoms with Gasteiger partial charge in [-0.2, -0.15) is 0 Å². The van der Waals surface area contributed by atoms with Crippen LogP contribution in [0.15, 0.2) is 30.3 Å². The van der Waals surface area contributed by atoms with E-state index in [-0.39, 0.29) is 18.8 Å². The fourth-order valence-corrected chi connectivity index (χ4v) is 2.19. The van der Waals surface area contributed by atoms with Gasteiger partial charge in [0.2, 0.25) is 11.8 Å². The summed E-state index contributed by atoms with van der Waals surface area (Å²) in [6.45, 7) is 2.84. The molecule has 1 rings (SSSR count). The molecule has 0 bridgehead atoms. The summed E-state index contributed by atoms with van der Waals surface area (Å²) in [6.07, 6.45) is -0.512. The topological polar surface area (TPSA) is 148 Å². The number of nitrogens with two attached hydrogens (primary N) is 1. The molecule has 9 nitrogen and oxygen atoms in total. The first-order valence-electron chi connectivity index (χ1n) is 8.28. The van der Waals surface area contributed by atoms with Crippen LogP contribution in [0.3, 0.4) is 0 Å². The Balaban J connectivity index is 0.00000729. The number of ether oxygens (including phenoxy) is 1. The predicted octanol–water partition coefficient (Wildman–Crippen LogP) is 0.00550. The molecule has 0 unspecified atom stereocenters. The van der Waals surface area contributed by atoms with Crippen molar-refractivity contribution in [1.29, 1.82) is 0 Å². The Morgan fingerprint density at radius 3 is 2.14 bits per heavy atom. The first kappa shape index (κ1) is 25.3. The van der Waals surface area contributed by atoms with Crippen molar-refractivity contribution >= 4 is 36.2 Å². The normalized spacial score (nSPS) is 12.7. The van der Waals surface area contributed by atoms with Gasteiger partial charge in [-0.3, -0.25) is 14.4 Å². The largest absolute Gasteiger partial charge is 0.481 e. The lowest BCUT2D eigenvalue weighted by molar-refractivity contribution is -0.145. The number of esters is 1. The van der Waals surface area contributed by atoms with E-state index in [1.807, 2.05) is 6.07 Å². The van der Waals surface area contributed by atoms with Crippen molar-refractivity contribution < 1.29 is 29.0 Å². The first-order chi connectivity index (χ1) is 12.5. The van der Waals surface area contributed by atoms with E-state index in [1.165, 1.54) is 21.0 Å². The van der Waals surface area contributed by atoms with Gasteiger partial charge in [0.15, 0.2) is 0 Å². The molecule has 2 atom stereocenters. The molecule has 0 aliphatic carbocycles. The zero-order valence-corrected chi connectivity index (χ0v) is 16.7. The van der Waals surface area contributed by atoms with Crippen LogP contribution >= 0.6 is 12.4 Å². The quantitative estimate of drug-likeness (QED) is 0.415. The minimum absolute atomic E-state index is 0. The number of carbonyl (C=O) groups is 4. The van der Waals surface area contributed by atoms with Crippen LogP contribution in [0.25, 0.3) is 0 Å².